The van der Waals surface area contributed by atoms with Crippen LogP contribution in [0.2, 0.25) is 0 Å². The number of ether oxygens (including phenoxy) is 5. The molecule has 1 aliphatic rings. The fourth-order valence-electron chi connectivity index (χ4n) is 3.06. The van der Waals surface area contributed by atoms with E-state index in [9.17, 15) is 9.59 Å². The van der Waals surface area contributed by atoms with Gasteiger partial charge in [-0.15, -0.1) is 0 Å². The average molecular weight is 398 g/mol. The summed E-state index contributed by atoms with van der Waals surface area (Å²) in [6.07, 6.45) is 3.82. The van der Waals surface area contributed by atoms with Crippen molar-refractivity contribution in [3.63, 3.8) is 0 Å². The maximum Gasteiger partial charge on any atom is 0.337 e. The van der Waals surface area contributed by atoms with Crippen molar-refractivity contribution in [3.8, 4) is 23.0 Å². The first kappa shape index (κ1) is 20.3. The highest BCUT2D eigenvalue weighted by atomic mass is 16.6. The third-order valence-electron chi connectivity index (χ3n) is 4.44. The van der Waals surface area contributed by atoms with Gasteiger partial charge in [0.25, 0.3) is 0 Å². The summed E-state index contributed by atoms with van der Waals surface area (Å²) in [5.74, 6) is 0.740. The molecule has 0 N–H and O–H groups in total. The molecule has 0 aliphatic carbocycles. The van der Waals surface area contributed by atoms with E-state index in [2.05, 4.69) is 4.74 Å². The van der Waals surface area contributed by atoms with Crippen LogP contribution in [0.1, 0.15) is 28.4 Å². The standard InChI is InChI=1S/C22H22O7/c1-13-9-16-12-18(25-2)14(10-19(16)28-13)6-8-21(23)29-17-7-5-15(22(24)27-4)11-20(17)26-3/h5-8,10-13H,9H2,1-4H3/b8-6+/t13-/m1/s1. The molecular formula is C22H22O7. The number of methoxy groups -OCH3 is 3. The second-order valence-electron chi connectivity index (χ2n) is 6.45. The number of hydrogen-bond donors (Lipinski definition) is 0. The molecule has 0 aromatic heterocycles. The molecule has 0 radical (unpaired) electrons. The van der Waals surface area contributed by atoms with Crippen LogP contribution in [0.25, 0.3) is 6.08 Å². The maximum absolute atomic E-state index is 12.3. The van der Waals surface area contributed by atoms with E-state index < -0.39 is 11.9 Å². The van der Waals surface area contributed by atoms with Crippen LogP contribution in [0, 0.1) is 0 Å². The van der Waals surface area contributed by atoms with Gasteiger partial charge in [-0.3, -0.25) is 0 Å². The Kier molecular flexibility index (Phi) is 6.07. The normalized spacial score (nSPS) is 14.8. The Morgan fingerprint density at radius 1 is 1.03 bits per heavy atom. The summed E-state index contributed by atoms with van der Waals surface area (Å²) >= 11 is 0. The maximum atomic E-state index is 12.3. The first-order chi connectivity index (χ1) is 13.9. The molecule has 0 saturated heterocycles. The van der Waals surface area contributed by atoms with Crippen LogP contribution in [-0.4, -0.2) is 39.4 Å². The van der Waals surface area contributed by atoms with E-state index >= 15 is 0 Å². The van der Waals surface area contributed by atoms with Gasteiger partial charge in [-0.1, -0.05) is 0 Å². The fraction of sp³-hybridized carbons (Fsp3) is 0.273. The van der Waals surface area contributed by atoms with Gasteiger partial charge in [0.1, 0.15) is 17.6 Å². The van der Waals surface area contributed by atoms with Gasteiger partial charge in [-0.2, -0.15) is 0 Å². The number of hydrogen-bond acceptors (Lipinski definition) is 7. The van der Waals surface area contributed by atoms with E-state index in [1.165, 1.54) is 38.5 Å². The van der Waals surface area contributed by atoms with Crippen molar-refractivity contribution >= 4 is 18.0 Å². The molecule has 2 aromatic rings. The highest BCUT2D eigenvalue weighted by Gasteiger charge is 2.21. The number of esters is 2. The number of carbonyl (C=O) groups is 2. The molecule has 0 unspecified atom stereocenters. The Balaban J connectivity index is 1.77. The summed E-state index contributed by atoms with van der Waals surface area (Å²) in [7, 11) is 4.27. The van der Waals surface area contributed by atoms with Crippen LogP contribution in [0.3, 0.4) is 0 Å². The smallest absolute Gasteiger partial charge is 0.337 e. The highest BCUT2D eigenvalue weighted by molar-refractivity contribution is 5.92. The van der Waals surface area contributed by atoms with E-state index in [4.69, 9.17) is 18.9 Å². The molecule has 152 valence electrons. The minimum atomic E-state index is -0.606. The molecule has 2 aromatic carbocycles. The molecule has 1 heterocycles. The quantitative estimate of drug-likeness (QED) is 0.419. The minimum Gasteiger partial charge on any atom is -0.496 e. The van der Waals surface area contributed by atoms with Gasteiger partial charge >= 0.3 is 11.9 Å². The van der Waals surface area contributed by atoms with Gasteiger partial charge in [-0.25, -0.2) is 9.59 Å². The van der Waals surface area contributed by atoms with Crippen LogP contribution in [0.5, 0.6) is 23.0 Å². The molecule has 3 rings (SSSR count). The lowest BCUT2D eigenvalue weighted by Gasteiger charge is -2.10. The van der Waals surface area contributed by atoms with E-state index in [-0.39, 0.29) is 23.2 Å². The van der Waals surface area contributed by atoms with Gasteiger partial charge in [0, 0.05) is 23.6 Å². The predicted molar refractivity (Wildman–Crippen MR) is 106 cm³/mol. The summed E-state index contributed by atoms with van der Waals surface area (Å²) < 4.78 is 26.4. The average Bonchev–Trinajstić information content (AvgIpc) is 3.09. The van der Waals surface area contributed by atoms with Gasteiger partial charge in [0.2, 0.25) is 0 Å². The molecule has 1 atom stereocenters. The predicted octanol–water partition coefficient (Wildman–Crippen LogP) is 3.43. The second kappa shape index (κ2) is 8.68. The zero-order valence-electron chi connectivity index (χ0n) is 16.7. The first-order valence-corrected chi connectivity index (χ1v) is 8.99. The first-order valence-electron chi connectivity index (χ1n) is 8.99. The summed E-state index contributed by atoms with van der Waals surface area (Å²) in [5.41, 5.74) is 2.06. The van der Waals surface area contributed by atoms with E-state index in [1.54, 1.807) is 13.2 Å². The Morgan fingerprint density at radius 3 is 2.48 bits per heavy atom. The minimum absolute atomic E-state index is 0.110. The third-order valence-corrected chi connectivity index (χ3v) is 4.44. The molecule has 0 fully saturated rings. The lowest BCUT2D eigenvalue weighted by molar-refractivity contribution is -0.129. The number of benzene rings is 2. The molecule has 1 aliphatic heterocycles. The van der Waals surface area contributed by atoms with E-state index in [0.29, 0.717) is 11.3 Å². The van der Waals surface area contributed by atoms with Gasteiger partial charge in [0.15, 0.2) is 11.5 Å². The summed E-state index contributed by atoms with van der Waals surface area (Å²) in [4.78, 5) is 23.9. The van der Waals surface area contributed by atoms with Crippen LogP contribution in [-0.2, 0) is 16.0 Å². The van der Waals surface area contributed by atoms with Gasteiger partial charge in [0.05, 0.1) is 26.9 Å². The number of fused-ring (bicyclic) bond motifs is 1. The van der Waals surface area contributed by atoms with Crippen LogP contribution < -0.4 is 18.9 Å². The molecule has 0 spiro atoms. The van der Waals surface area contributed by atoms with E-state index in [1.807, 2.05) is 19.1 Å². The third kappa shape index (κ3) is 4.51. The zero-order chi connectivity index (χ0) is 21.0. The number of rotatable bonds is 6. The SMILES string of the molecule is COC(=O)c1ccc(OC(=O)/C=C/c2cc3c(cc2OC)C[C@@H](C)O3)c(OC)c1. The van der Waals surface area contributed by atoms with Crippen LogP contribution in [0.4, 0.5) is 0 Å². The molecule has 0 bridgehead atoms. The molecule has 7 nitrogen and oxygen atoms in total. The lowest BCUT2D eigenvalue weighted by atomic mass is 10.1. The Labute approximate surface area is 168 Å². The highest BCUT2D eigenvalue weighted by Crippen LogP contribution is 2.35. The van der Waals surface area contributed by atoms with E-state index in [0.717, 1.165) is 17.7 Å². The fourth-order valence-corrected chi connectivity index (χ4v) is 3.06. The molecule has 0 amide bonds. The van der Waals surface area contributed by atoms with Crippen molar-refractivity contribution in [1.82, 2.24) is 0 Å². The van der Waals surface area contributed by atoms with Crippen molar-refractivity contribution in [2.75, 3.05) is 21.3 Å². The van der Waals surface area contributed by atoms with Crippen molar-refractivity contribution in [3.05, 3.63) is 53.1 Å². The molecule has 0 saturated carbocycles. The molecular weight excluding hydrogens is 376 g/mol. The Morgan fingerprint density at radius 2 is 1.79 bits per heavy atom. The Bertz CT molecular complexity index is 962. The summed E-state index contributed by atoms with van der Waals surface area (Å²) in [6.45, 7) is 2.00. The van der Waals surface area contributed by atoms with Crippen LogP contribution >= 0.6 is 0 Å². The van der Waals surface area contributed by atoms with Crippen molar-refractivity contribution in [2.45, 2.75) is 19.4 Å². The van der Waals surface area contributed by atoms with Crippen molar-refractivity contribution < 1.29 is 33.3 Å². The van der Waals surface area contributed by atoms with Crippen molar-refractivity contribution in [1.29, 1.82) is 0 Å². The van der Waals surface area contributed by atoms with Gasteiger partial charge < -0.3 is 23.7 Å². The zero-order valence-corrected chi connectivity index (χ0v) is 16.7. The second-order valence-corrected chi connectivity index (χ2v) is 6.45. The molecule has 29 heavy (non-hydrogen) atoms. The lowest BCUT2D eigenvalue weighted by Crippen LogP contribution is -2.07. The number of carbonyl (C=O) groups excluding carboxylic acids is 2. The summed E-state index contributed by atoms with van der Waals surface area (Å²) in [5, 5.41) is 0. The van der Waals surface area contributed by atoms with Gasteiger partial charge in [-0.05, 0) is 43.3 Å². The summed E-state index contributed by atoms with van der Waals surface area (Å²) in [6, 6.07) is 8.16. The topological polar surface area (TPSA) is 80.3 Å². The largest absolute Gasteiger partial charge is 0.496 e. The van der Waals surface area contributed by atoms with Crippen LogP contribution in [0.15, 0.2) is 36.4 Å². The molecule has 7 heteroatoms. The Hall–Kier alpha value is -3.48. The monoisotopic (exact) mass is 398 g/mol. The van der Waals surface area contributed by atoms with Crippen molar-refractivity contribution in [2.24, 2.45) is 0 Å².